The van der Waals surface area contributed by atoms with Gasteiger partial charge in [0, 0.05) is 14.9 Å². The first-order valence-corrected chi connectivity index (χ1v) is 6.65. The lowest BCUT2D eigenvalue weighted by atomic mass is 10.2. The number of aromatic nitrogens is 1. The highest BCUT2D eigenvalue weighted by Crippen LogP contribution is 2.31. The van der Waals surface area contributed by atoms with Crippen molar-refractivity contribution in [2.24, 2.45) is 0 Å². The topological polar surface area (TPSA) is 39.2 Å². The number of hydrogen-bond donors (Lipinski definition) is 0. The number of thiazole rings is 1. The fraction of sp³-hybridized carbons (Fsp3) is 0.167. The molecule has 0 saturated heterocycles. The molecule has 0 fully saturated rings. The second-order valence-corrected chi connectivity index (χ2v) is 5.66. The van der Waals surface area contributed by atoms with Gasteiger partial charge in [0.05, 0.1) is 7.11 Å². The minimum atomic E-state index is -0.509. The summed E-state index contributed by atoms with van der Waals surface area (Å²) < 4.78 is 19.1. The van der Waals surface area contributed by atoms with Crippen LogP contribution in [0.2, 0.25) is 0 Å². The van der Waals surface area contributed by atoms with Crippen LogP contribution in [0.3, 0.4) is 0 Å². The molecule has 6 heteroatoms. The molecule has 94 valence electrons. The van der Waals surface area contributed by atoms with Crippen LogP contribution < -0.4 is 0 Å². The Hall–Kier alpha value is -1.27. The third-order valence-corrected chi connectivity index (χ3v) is 3.83. The lowest BCUT2D eigenvalue weighted by molar-refractivity contribution is 0.0594. The van der Waals surface area contributed by atoms with Gasteiger partial charge in [-0.1, -0.05) is 15.9 Å². The van der Waals surface area contributed by atoms with E-state index in [1.807, 2.05) is 0 Å². The highest BCUT2D eigenvalue weighted by molar-refractivity contribution is 9.10. The van der Waals surface area contributed by atoms with E-state index in [0.29, 0.717) is 15.4 Å². The molecule has 0 N–H and O–H groups in total. The largest absolute Gasteiger partial charge is 0.464 e. The van der Waals surface area contributed by atoms with Crippen LogP contribution in [-0.2, 0) is 4.74 Å². The Labute approximate surface area is 116 Å². The number of methoxy groups -OCH3 is 1. The third-order valence-electron chi connectivity index (χ3n) is 2.33. The van der Waals surface area contributed by atoms with Crippen LogP contribution in [0, 0.1) is 12.7 Å². The van der Waals surface area contributed by atoms with Crippen molar-refractivity contribution in [2.45, 2.75) is 6.92 Å². The normalized spacial score (nSPS) is 10.4. The SMILES string of the molecule is COC(=O)c1nc(-c2cc(Br)ccc2F)sc1C. The quantitative estimate of drug-likeness (QED) is 0.786. The zero-order valence-corrected chi connectivity index (χ0v) is 12.1. The zero-order valence-electron chi connectivity index (χ0n) is 9.66. The number of benzene rings is 1. The molecule has 0 spiro atoms. The van der Waals surface area contributed by atoms with Crippen LogP contribution in [0.15, 0.2) is 22.7 Å². The van der Waals surface area contributed by atoms with E-state index in [2.05, 4.69) is 25.7 Å². The van der Waals surface area contributed by atoms with Gasteiger partial charge in [-0.05, 0) is 25.1 Å². The van der Waals surface area contributed by atoms with E-state index in [4.69, 9.17) is 0 Å². The summed E-state index contributed by atoms with van der Waals surface area (Å²) in [4.78, 5) is 16.3. The average Bonchev–Trinajstić information content (AvgIpc) is 2.73. The second kappa shape index (κ2) is 5.16. The minimum Gasteiger partial charge on any atom is -0.464 e. The molecule has 0 unspecified atom stereocenters. The Morgan fingerprint density at radius 2 is 2.22 bits per heavy atom. The van der Waals surface area contributed by atoms with Crippen LogP contribution in [0.5, 0.6) is 0 Å². The molecule has 1 aromatic carbocycles. The van der Waals surface area contributed by atoms with Crippen molar-refractivity contribution in [3.63, 3.8) is 0 Å². The van der Waals surface area contributed by atoms with Gasteiger partial charge in [-0.25, -0.2) is 14.2 Å². The summed E-state index contributed by atoms with van der Waals surface area (Å²) in [6.07, 6.45) is 0. The number of nitrogens with zero attached hydrogens (tertiary/aromatic N) is 1. The molecule has 1 aromatic heterocycles. The molecule has 0 saturated carbocycles. The van der Waals surface area contributed by atoms with Gasteiger partial charge in [-0.3, -0.25) is 0 Å². The predicted octanol–water partition coefficient (Wildman–Crippen LogP) is 3.81. The number of halogens is 2. The van der Waals surface area contributed by atoms with E-state index in [1.165, 1.54) is 24.5 Å². The van der Waals surface area contributed by atoms with Crippen molar-refractivity contribution in [3.05, 3.63) is 39.1 Å². The molecule has 2 rings (SSSR count). The molecule has 0 aliphatic carbocycles. The van der Waals surface area contributed by atoms with Gasteiger partial charge in [-0.2, -0.15) is 0 Å². The maximum Gasteiger partial charge on any atom is 0.357 e. The number of carbonyl (C=O) groups excluding carboxylic acids is 1. The van der Waals surface area contributed by atoms with Crippen molar-refractivity contribution in [1.82, 2.24) is 4.98 Å². The van der Waals surface area contributed by atoms with Crippen molar-refractivity contribution in [1.29, 1.82) is 0 Å². The summed E-state index contributed by atoms with van der Waals surface area (Å²) in [6.45, 7) is 1.75. The maximum absolute atomic E-state index is 13.7. The molecule has 1 heterocycles. The number of esters is 1. The summed E-state index contributed by atoms with van der Waals surface area (Å²) in [6, 6.07) is 4.60. The van der Waals surface area contributed by atoms with Crippen molar-refractivity contribution in [2.75, 3.05) is 7.11 Å². The Morgan fingerprint density at radius 3 is 2.89 bits per heavy atom. The van der Waals surface area contributed by atoms with Gasteiger partial charge >= 0.3 is 5.97 Å². The Balaban J connectivity index is 2.52. The third kappa shape index (κ3) is 2.44. The molecule has 0 amide bonds. The Bertz CT molecular complexity index is 612. The first-order valence-electron chi connectivity index (χ1n) is 5.04. The molecule has 0 aliphatic rings. The van der Waals surface area contributed by atoms with Gasteiger partial charge in [0.25, 0.3) is 0 Å². The standard InChI is InChI=1S/C12H9BrFNO2S/c1-6-10(12(16)17-2)15-11(18-6)8-5-7(13)3-4-9(8)14/h3-5H,1-2H3. The number of ether oxygens (including phenoxy) is 1. The predicted molar refractivity (Wildman–Crippen MR) is 71.3 cm³/mol. The van der Waals surface area contributed by atoms with Crippen LogP contribution in [0.1, 0.15) is 15.4 Å². The smallest absolute Gasteiger partial charge is 0.357 e. The van der Waals surface area contributed by atoms with Gasteiger partial charge in [0.1, 0.15) is 10.8 Å². The molecular weight excluding hydrogens is 321 g/mol. The maximum atomic E-state index is 13.7. The van der Waals surface area contributed by atoms with E-state index >= 15 is 0 Å². The fourth-order valence-corrected chi connectivity index (χ4v) is 2.74. The van der Waals surface area contributed by atoms with Gasteiger partial charge in [-0.15, -0.1) is 11.3 Å². The highest BCUT2D eigenvalue weighted by atomic mass is 79.9. The lowest BCUT2D eigenvalue weighted by Gasteiger charge is -1.99. The lowest BCUT2D eigenvalue weighted by Crippen LogP contribution is -2.03. The molecule has 2 aromatic rings. The van der Waals surface area contributed by atoms with E-state index < -0.39 is 5.97 Å². The Kier molecular flexibility index (Phi) is 3.77. The number of carbonyl (C=O) groups is 1. The van der Waals surface area contributed by atoms with Gasteiger partial charge in [0.2, 0.25) is 0 Å². The minimum absolute atomic E-state index is 0.233. The summed E-state index contributed by atoms with van der Waals surface area (Å²) >= 11 is 4.54. The van der Waals surface area contributed by atoms with Crippen LogP contribution in [-0.4, -0.2) is 18.1 Å². The van der Waals surface area contributed by atoms with Crippen LogP contribution in [0.25, 0.3) is 10.6 Å². The van der Waals surface area contributed by atoms with Crippen molar-refractivity contribution >= 4 is 33.2 Å². The summed E-state index contributed by atoms with van der Waals surface area (Å²) in [5.74, 6) is -0.881. The molecule has 0 radical (unpaired) electrons. The average molecular weight is 330 g/mol. The van der Waals surface area contributed by atoms with Gasteiger partial charge in [0.15, 0.2) is 5.69 Å². The second-order valence-electron chi connectivity index (χ2n) is 3.54. The number of aryl methyl sites for hydroxylation is 1. The van der Waals surface area contributed by atoms with Gasteiger partial charge < -0.3 is 4.74 Å². The first kappa shape index (κ1) is 13.2. The van der Waals surface area contributed by atoms with E-state index in [0.717, 1.165) is 4.47 Å². The van der Waals surface area contributed by atoms with Crippen LogP contribution >= 0.6 is 27.3 Å². The summed E-state index contributed by atoms with van der Waals surface area (Å²) in [5.41, 5.74) is 0.601. The summed E-state index contributed by atoms with van der Waals surface area (Å²) in [7, 11) is 1.29. The number of hydrogen-bond acceptors (Lipinski definition) is 4. The first-order chi connectivity index (χ1) is 8.52. The molecule has 18 heavy (non-hydrogen) atoms. The number of rotatable bonds is 2. The van der Waals surface area contributed by atoms with E-state index in [9.17, 15) is 9.18 Å². The summed E-state index contributed by atoms with van der Waals surface area (Å²) in [5, 5.41) is 0.465. The molecular formula is C12H9BrFNO2S. The van der Waals surface area contributed by atoms with E-state index in [-0.39, 0.29) is 11.5 Å². The van der Waals surface area contributed by atoms with E-state index in [1.54, 1.807) is 19.1 Å². The molecule has 0 aliphatic heterocycles. The Morgan fingerprint density at radius 1 is 1.50 bits per heavy atom. The monoisotopic (exact) mass is 329 g/mol. The van der Waals surface area contributed by atoms with Crippen molar-refractivity contribution < 1.29 is 13.9 Å². The van der Waals surface area contributed by atoms with Crippen molar-refractivity contribution in [3.8, 4) is 10.6 Å². The molecule has 3 nitrogen and oxygen atoms in total. The molecule has 0 bridgehead atoms. The fourth-order valence-electron chi connectivity index (χ4n) is 1.46. The zero-order chi connectivity index (χ0) is 13.3. The highest BCUT2D eigenvalue weighted by Gasteiger charge is 2.18. The van der Waals surface area contributed by atoms with Crippen LogP contribution in [0.4, 0.5) is 4.39 Å². The molecule has 0 atom stereocenters.